The van der Waals surface area contributed by atoms with E-state index >= 15 is 0 Å². The topological polar surface area (TPSA) is 38.0 Å². The summed E-state index contributed by atoms with van der Waals surface area (Å²) in [4.78, 5) is 0. The van der Waals surface area contributed by atoms with E-state index in [4.69, 9.17) is 5.73 Å². The maximum Gasteiger partial charge on any atom is 0.0606 e. The molecule has 94 valence electrons. The van der Waals surface area contributed by atoms with Crippen LogP contribution in [0.5, 0.6) is 0 Å². The highest BCUT2D eigenvalue weighted by Gasteiger charge is 2.24. The van der Waals surface area contributed by atoms with Crippen LogP contribution >= 0.6 is 11.8 Å². The molecule has 0 heterocycles. The predicted octanol–water partition coefficient (Wildman–Crippen LogP) is 3.66. The van der Waals surface area contributed by atoms with Crippen LogP contribution in [-0.2, 0) is 0 Å². The standard InChI is InChI=1S/C14H22N2S/c1-10-6-5-7-11(15)14(10)16-12-8-3-4-9-13(12)17-2/h5-7,12-13,16H,3-4,8-9,15H2,1-2H3. The maximum atomic E-state index is 6.06. The van der Waals surface area contributed by atoms with Crippen molar-refractivity contribution in [3.05, 3.63) is 23.8 Å². The molecule has 2 nitrogen and oxygen atoms in total. The van der Waals surface area contributed by atoms with Crippen LogP contribution in [0.15, 0.2) is 18.2 Å². The van der Waals surface area contributed by atoms with Gasteiger partial charge in [0.05, 0.1) is 11.4 Å². The molecule has 2 unspecified atom stereocenters. The Kier molecular flexibility index (Phi) is 4.21. The molecule has 1 aromatic carbocycles. The number of benzene rings is 1. The minimum Gasteiger partial charge on any atom is -0.397 e. The second-order valence-electron chi connectivity index (χ2n) is 4.85. The van der Waals surface area contributed by atoms with E-state index in [-0.39, 0.29) is 0 Å². The second-order valence-corrected chi connectivity index (χ2v) is 5.93. The fourth-order valence-electron chi connectivity index (χ4n) is 2.62. The third kappa shape index (κ3) is 2.89. The molecule has 1 aromatic rings. The molecule has 0 aliphatic heterocycles. The molecule has 0 saturated heterocycles. The molecule has 1 fully saturated rings. The summed E-state index contributed by atoms with van der Waals surface area (Å²) in [6.45, 7) is 2.12. The van der Waals surface area contributed by atoms with Crippen molar-refractivity contribution >= 4 is 23.1 Å². The first-order valence-corrected chi connectivity index (χ1v) is 7.65. The number of nitrogens with one attached hydrogen (secondary N) is 1. The monoisotopic (exact) mass is 250 g/mol. The van der Waals surface area contributed by atoms with Gasteiger partial charge in [-0.05, 0) is 37.7 Å². The van der Waals surface area contributed by atoms with Crippen LogP contribution in [0.1, 0.15) is 31.2 Å². The summed E-state index contributed by atoms with van der Waals surface area (Å²) in [6, 6.07) is 6.69. The highest BCUT2D eigenvalue weighted by Crippen LogP contribution is 2.32. The molecule has 0 amide bonds. The Morgan fingerprint density at radius 1 is 1.29 bits per heavy atom. The van der Waals surface area contributed by atoms with E-state index in [1.807, 2.05) is 23.9 Å². The Morgan fingerprint density at radius 2 is 2.06 bits per heavy atom. The van der Waals surface area contributed by atoms with Gasteiger partial charge in [0.2, 0.25) is 0 Å². The lowest BCUT2D eigenvalue weighted by Gasteiger charge is -2.32. The summed E-state index contributed by atoms with van der Waals surface area (Å²) in [5, 5.41) is 4.40. The summed E-state index contributed by atoms with van der Waals surface area (Å²) in [7, 11) is 0. The number of thioether (sulfide) groups is 1. The minimum absolute atomic E-state index is 0.571. The number of aryl methyl sites for hydroxylation is 1. The smallest absolute Gasteiger partial charge is 0.0606 e. The van der Waals surface area contributed by atoms with Crippen molar-refractivity contribution in [3.63, 3.8) is 0 Å². The summed E-state index contributed by atoms with van der Waals surface area (Å²) in [5.74, 6) is 0. The van der Waals surface area contributed by atoms with E-state index in [0.717, 1.165) is 16.6 Å². The fourth-order valence-corrected chi connectivity index (χ4v) is 3.55. The maximum absolute atomic E-state index is 6.06. The lowest BCUT2D eigenvalue weighted by molar-refractivity contribution is 0.475. The largest absolute Gasteiger partial charge is 0.397 e. The van der Waals surface area contributed by atoms with Crippen molar-refractivity contribution in [2.75, 3.05) is 17.3 Å². The minimum atomic E-state index is 0.571. The van der Waals surface area contributed by atoms with Crippen molar-refractivity contribution in [2.45, 2.75) is 43.9 Å². The molecule has 3 heteroatoms. The lowest BCUT2D eigenvalue weighted by Crippen LogP contribution is -2.34. The average Bonchev–Trinajstić information content (AvgIpc) is 2.34. The Balaban J connectivity index is 2.13. The van der Waals surface area contributed by atoms with Crippen molar-refractivity contribution in [1.82, 2.24) is 0 Å². The Morgan fingerprint density at radius 3 is 2.76 bits per heavy atom. The molecule has 17 heavy (non-hydrogen) atoms. The molecule has 3 N–H and O–H groups in total. The van der Waals surface area contributed by atoms with Gasteiger partial charge >= 0.3 is 0 Å². The number of rotatable bonds is 3. The van der Waals surface area contributed by atoms with Crippen LogP contribution in [0.3, 0.4) is 0 Å². The van der Waals surface area contributed by atoms with Gasteiger partial charge in [-0.3, -0.25) is 0 Å². The van der Waals surface area contributed by atoms with Gasteiger partial charge in [0, 0.05) is 11.3 Å². The van der Waals surface area contributed by atoms with E-state index in [1.54, 1.807) is 0 Å². The van der Waals surface area contributed by atoms with Crippen molar-refractivity contribution in [3.8, 4) is 0 Å². The van der Waals surface area contributed by atoms with Gasteiger partial charge < -0.3 is 11.1 Å². The zero-order valence-electron chi connectivity index (χ0n) is 10.7. The van der Waals surface area contributed by atoms with Crippen LogP contribution in [0, 0.1) is 6.92 Å². The summed E-state index contributed by atoms with van der Waals surface area (Å²) in [5.41, 5.74) is 9.31. The highest BCUT2D eigenvalue weighted by atomic mass is 32.2. The Labute approximate surface area is 108 Å². The molecule has 1 saturated carbocycles. The third-order valence-corrected chi connectivity index (χ3v) is 4.81. The predicted molar refractivity (Wildman–Crippen MR) is 78.8 cm³/mol. The first-order valence-electron chi connectivity index (χ1n) is 6.37. The van der Waals surface area contributed by atoms with E-state index in [2.05, 4.69) is 24.6 Å². The summed E-state index contributed by atoms with van der Waals surface area (Å²) in [6.07, 6.45) is 7.50. The molecule has 2 atom stereocenters. The molecular formula is C14H22N2S. The van der Waals surface area contributed by atoms with Crippen LogP contribution in [-0.4, -0.2) is 17.5 Å². The van der Waals surface area contributed by atoms with Crippen LogP contribution in [0.2, 0.25) is 0 Å². The zero-order valence-corrected chi connectivity index (χ0v) is 11.5. The van der Waals surface area contributed by atoms with Gasteiger partial charge in [-0.25, -0.2) is 0 Å². The molecular weight excluding hydrogens is 228 g/mol. The quantitative estimate of drug-likeness (QED) is 0.804. The molecule has 0 aromatic heterocycles. The molecule has 0 spiro atoms. The summed E-state index contributed by atoms with van der Waals surface area (Å²) < 4.78 is 0. The van der Waals surface area contributed by atoms with Gasteiger partial charge in [-0.2, -0.15) is 11.8 Å². The Bertz CT molecular complexity index is 358. The highest BCUT2D eigenvalue weighted by molar-refractivity contribution is 7.99. The van der Waals surface area contributed by atoms with Gasteiger partial charge in [-0.1, -0.05) is 25.0 Å². The fraction of sp³-hybridized carbons (Fsp3) is 0.571. The number of nitrogen functional groups attached to an aromatic ring is 1. The van der Waals surface area contributed by atoms with E-state index < -0.39 is 0 Å². The van der Waals surface area contributed by atoms with Crippen LogP contribution in [0.25, 0.3) is 0 Å². The van der Waals surface area contributed by atoms with Crippen molar-refractivity contribution in [2.24, 2.45) is 0 Å². The Hall–Kier alpha value is -0.830. The van der Waals surface area contributed by atoms with Crippen molar-refractivity contribution < 1.29 is 0 Å². The average molecular weight is 250 g/mol. The number of nitrogens with two attached hydrogens (primary N) is 1. The first-order chi connectivity index (χ1) is 8.22. The van der Waals surface area contributed by atoms with Crippen LogP contribution < -0.4 is 11.1 Å². The van der Waals surface area contributed by atoms with E-state index in [1.165, 1.54) is 31.2 Å². The summed E-state index contributed by atoms with van der Waals surface area (Å²) >= 11 is 1.98. The van der Waals surface area contributed by atoms with Gasteiger partial charge in [0.1, 0.15) is 0 Å². The normalized spacial score (nSPS) is 24.6. The first kappa shape index (κ1) is 12.6. The lowest BCUT2D eigenvalue weighted by atomic mass is 9.94. The molecule has 0 radical (unpaired) electrons. The molecule has 1 aliphatic rings. The van der Waals surface area contributed by atoms with Gasteiger partial charge in [0.25, 0.3) is 0 Å². The van der Waals surface area contributed by atoms with E-state index in [9.17, 15) is 0 Å². The number of hydrogen-bond donors (Lipinski definition) is 2. The zero-order chi connectivity index (χ0) is 12.3. The number of anilines is 2. The van der Waals surface area contributed by atoms with Gasteiger partial charge in [-0.15, -0.1) is 0 Å². The molecule has 2 rings (SSSR count). The number of hydrogen-bond acceptors (Lipinski definition) is 3. The van der Waals surface area contributed by atoms with Crippen LogP contribution in [0.4, 0.5) is 11.4 Å². The SMILES string of the molecule is CSC1CCCCC1Nc1c(C)cccc1N. The van der Waals surface area contributed by atoms with Gasteiger partial charge in [0.15, 0.2) is 0 Å². The molecule has 0 bridgehead atoms. The number of para-hydroxylation sites is 1. The second kappa shape index (κ2) is 5.67. The molecule has 1 aliphatic carbocycles. The third-order valence-electron chi connectivity index (χ3n) is 3.64. The van der Waals surface area contributed by atoms with Crippen molar-refractivity contribution in [1.29, 1.82) is 0 Å². The van der Waals surface area contributed by atoms with E-state index in [0.29, 0.717) is 6.04 Å².